The molecule has 3 aromatic carbocycles. The van der Waals surface area contributed by atoms with Gasteiger partial charge in [0.2, 0.25) is 0 Å². The fourth-order valence-corrected chi connectivity index (χ4v) is 5.98. The summed E-state index contributed by atoms with van der Waals surface area (Å²) in [4.78, 5) is 31.6. The molecule has 7 heteroatoms. The van der Waals surface area contributed by atoms with Crippen LogP contribution in [0.1, 0.15) is 45.5 Å². The number of rotatable bonds is 6. The van der Waals surface area contributed by atoms with Gasteiger partial charge >= 0.3 is 0 Å². The largest absolute Gasteiger partial charge is 0.332 e. The maximum Gasteiger partial charge on any atom is 0.269 e. The Hall–Kier alpha value is -4.10. The predicted octanol–water partition coefficient (Wildman–Crippen LogP) is 5.55. The third-order valence-electron chi connectivity index (χ3n) is 7.59. The maximum absolute atomic E-state index is 14.2. The average molecular weight is 509 g/mol. The molecule has 0 saturated carbocycles. The Bertz CT molecular complexity index is 1480. The third-order valence-corrected chi connectivity index (χ3v) is 7.59. The lowest BCUT2D eigenvalue weighted by atomic mass is 9.74. The van der Waals surface area contributed by atoms with Crippen molar-refractivity contribution in [3.8, 4) is 0 Å². The van der Waals surface area contributed by atoms with Crippen molar-refractivity contribution in [2.24, 2.45) is 5.73 Å². The van der Waals surface area contributed by atoms with Gasteiger partial charge in [0.1, 0.15) is 0 Å². The number of benzene rings is 3. The van der Waals surface area contributed by atoms with Crippen LogP contribution >= 0.6 is 0 Å². The molecule has 38 heavy (non-hydrogen) atoms. The molecule has 2 heterocycles. The fourth-order valence-electron chi connectivity index (χ4n) is 5.98. The van der Waals surface area contributed by atoms with Gasteiger partial charge in [-0.25, -0.2) is 0 Å². The van der Waals surface area contributed by atoms with Crippen molar-refractivity contribution in [3.05, 3.63) is 117 Å². The summed E-state index contributed by atoms with van der Waals surface area (Å²) in [5.41, 5.74) is 11.7. The molecule has 2 unspecified atom stereocenters. The van der Waals surface area contributed by atoms with Crippen molar-refractivity contribution < 1.29 is 9.72 Å². The van der Waals surface area contributed by atoms with Gasteiger partial charge in [-0.15, -0.1) is 0 Å². The van der Waals surface area contributed by atoms with Gasteiger partial charge in [0, 0.05) is 41.9 Å². The minimum Gasteiger partial charge on any atom is -0.332 e. The number of piperidine rings is 1. The maximum atomic E-state index is 14.2. The SMILES string of the molecule is Cc1cc(C)cc(C(=O)N2CCC(N)CC2(Cc2ccc([N+](=O)[O-])cc2)Cc2ccnc3ccccc23)c1. The Kier molecular flexibility index (Phi) is 6.95. The zero-order chi connectivity index (χ0) is 26.9. The van der Waals surface area contributed by atoms with Gasteiger partial charge in [-0.05, 0) is 74.9 Å². The first-order valence-corrected chi connectivity index (χ1v) is 13.0. The van der Waals surface area contributed by atoms with Crippen molar-refractivity contribution in [3.63, 3.8) is 0 Å². The van der Waals surface area contributed by atoms with Crippen LogP contribution in [0.4, 0.5) is 5.69 Å². The summed E-state index contributed by atoms with van der Waals surface area (Å²) in [6.07, 6.45) is 4.28. The van der Waals surface area contributed by atoms with Gasteiger partial charge in [0.05, 0.1) is 16.0 Å². The minimum absolute atomic E-state index is 0.0102. The number of hydrogen-bond donors (Lipinski definition) is 1. The van der Waals surface area contributed by atoms with Crippen LogP contribution in [0, 0.1) is 24.0 Å². The summed E-state index contributed by atoms with van der Waals surface area (Å²) in [7, 11) is 0. The molecule has 1 aliphatic rings. The quantitative estimate of drug-likeness (QED) is 0.272. The number of fused-ring (bicyclic) bond motifs is 1. The van der Waals surface area contributed by atoms with Crippen LogP contribution < -0.4 is 5.73 Å². The molecule has 1 aliphatic heterocycles. The first kappa shape index (κ1) is 25.5. The van der Waals surface area contributed by atoms with E-state index in [1.54, 1.807) is 12.1 Å². The fraction of sp³-hybridized carbons (Fsp3) is 0.290. The summed E-state index contributed by atoms with van der Waals surface area (Å²) in [6, 6.07) is 22.6. The van der Waals surface area contributed by atoms with Crippen molar-refractivity contribution >= 4 is 22.5 Å². The first-order valence-electron chi connectivity index (χ1n) is 13.0. The van der Waals surface area contributed by atoms with Crippen molar-refractivity contribution in [2.75, 3.05) is 6.54 Å². The summed E-state index contributed by atoms with van der Waals surface area (Å²) in [5.74, 6) is -0.0102. The van der Waals surface area contributed by atoms with Crippen LogP contribution in [0.15, 0.2) is 79.0 Å². The number of pyridine rings is 1. The van der Waals surface area contributed by atoms with Crippen LogP contribution in [-0.4, -0.2) is 38.8 Å². The van der Waals surface area contributed by atoms with Crippen LogP contribution in [0.25, 0.3) is 10.9 Å². The van der Waals surface area contributed by atoms with E-state index < -0.39 is 10.5 Å². The number of non-ortho nitro benzene ring substituents is 1. The zero-order valence-electron chi connectivity index (χ0n) is 21.8. The van der Waals surface area contributed by atoms with E-state index in [-0.39, 0.29) is 17.6 Å². The Labute approximate surface area is 222 Å². The molecule has 0 aliphatic carbocycles. The number of nitrogens with two attached hydrogens (primary N) is 1. The number of amides is 1. The number of para-hydroxylation sites is 1. The van der Waals surface area contributed by atoms with E-state index in [2.05, 4.69) is 17.1 Å². The minimum atomic E-state index is -0.618. The number of hydrogen-bond acceptors (Lipinski definition) is 5. The second-order valence-corrected chi connectivity index (χ2v) is 10.6. The van der Waals surface area contributed by atoms with Crippen LogP contribution in [0.5, 0.6) is 0 Å². The highest BCUT2D eigenvalue weighted by Gasteiger charge is 2.44. The number of carbonyl (C=O) groups excluding carboxylic acids is 1. The molecule has 2 atom stereocenters. The Morgan fingerprint density at radius 2 is 1.76 bits per heavy atom. The Morgan fingerprint density at radius 1 is 1.05 bits per heavy atom. The Balaban J connectivity index is 1.63. The zero-order valence-corrected chi connectivity index (χ0v) is 21.8. The molecule has 1 fully saturated rings. The number of nitrogens with zero attached hydrogens (tertiary/aromatic N) is 3. The molecule has 1 saturated heterocycles. The molecule has 1 amide bonds. The van der Waals surface area contributed by atoms with Crippen molar-refractivity contribution in [1.29, 1.82) is 0 Å². The number of aromatic nitrogens is 1. The highest BCUT2D eigenvalue weighted by Crippen LogP contribution is 2.37. The molecule has 194 valence electrons. The van der Waals surface area contributed by atoms with Gasteiger partial charge in [-0.2, -0.15) is 0 Å². The number of carbonyl (C=O) groups is 1. The third kappa shape index (κ3) is 5.15. The molecule has 7 nitrogen and oxygen atoms in total. The molecule has 0 bridgehead atoms. The number of nitro groups is 1. The molecular weight excluding hydrogens is 476 g/mol. The van der Waals surface area contributed by atoms with Crippen LogP contribution in [0.2, 0.25) is 0 Å². The standard InChI is InChI=1S/C31H32N4O3/c1-21-15-22(2)17-25(16-21)30(36)34-14-12-26(32)20-31(34,18-23-7-9-27(10-8-23)35(37)38)19-24-11-13-33-29-6-4-3-5-28(24)29/h3-11,13,15-17,26H,12,14,18-20,32H2,1-2H3. The van der Waals surface area contributed by atoms with E-state index in [1.165, 1.54) is 12.1 Å². The predicted molar refractivity (Wildman–Crippen MR) is 149 cm³/mol. The molecular formula is C31H32N4O3. The van der Waals surface area contributed by atoms with E-state index in [1.807, 2.05) is 61.3 Å². The summed E-state index contributed by atoms with van der Waals surface area (Å²) >= 11 is 0. The summed E-state index contributed by atoms with van der Waals surface area (Å²) < 4.78 is 0. The second kappa shape index (κ2) is 10.3. The van der Waals surface area contributed by atoms with Crippen LogP contribution in [0.3, 0.4) is 0 Å². The van der Waals surface area contributed by atoms with Crippen molar-refractivity contribution in [2.45, 2.75) is 51.1 Å². The van der Waals surface area contributed by atoms with Crippen molar-refractivity contribution in [1.82, 2.24) is 9.88 Å². The number of nitro benzene ring substituents is 1. The molecule has 5 rings (SSSR count). The molecule has 0 radical (unpaired) electrons. The van der Waals surface area contributed by atoms with Gasteiger partial charge in [-0.3, -0.25) is 19.9 Å². The lowest BCUT2D eigenvalue weighted by molar-refractivity contribution is -0.384. The summed E-state index contributed by atoms with van der Waals surface area (Å²) in [5, 5.41) is 12.3. The van der Waals surface area contributed by atoms with E-state index >= 15 is 0 Å². The lowest BCUT2D eigenvalue weighted by Crippen LogP contribution is -2.61. The molecule has 0 spiro atoms. The van der Waals surface area contributed by atoms with E-state index in [0.717, 1.165) is 39.6 Å². The van der Waals surface area contributed by atoms with E-state index in [9.17, 15) is 14.9 Å². The molecule has 2 N–H and O–H groups in total. The monoisotopic (exact) mass is 508 g/mol. The van der Waals surface area contributed by atoms with Gasteiger partial charge in [0.15, 0.2) is 0 Å². The highest BCUT2D eigenvalue weighted by molar-refractivity contribution is 5.95. The molecule has 1 aromatic heterocycles. The summed E-state index contributed by atoms with van der Waals surface area (Å²) in [6.45, 7) is 4.55. The number of aryl methyl sites for hydroxylation is 2. The number of likely N-dealkylation sites (tertiary alicyclic amines) is 1. The topological polar surface area (TPSA) is 102 Å². The smallest absolute Gasteiger partial charge is 0.269 e. The Morgan fingerprint density at radius 3 is 2.47 bits per heavy atom. The average Bonchev–Trinajstić information content (AvgIpc) is 2.88. The first-order chi connectivity index (χ1) is 18.2. The second-order valence-electron chi connectivity index (χ2n) is 10.6. The highest BCUT2D eigenvalue weighted by atomic mass is 16.6. The van der Waals surface area contributed by atoms with Gasteiger partial charge in [0.25, 0.3) is 11.6 Å². The lowest BCUT2D eigenvalue weighted by Gasteiger charge is -2.50. The molecule has 4 aromatic rings. The van der Waals surface area contributed by atoms with Crippen LogP contribution in [-0.2, 0) is 12.8 Å². The van der Waals surface area contributed by atoms with E-state index in [4.69, 9.17) is 5.73 Å². The van der Waals surface area contributed by atoms with Gasteiger partial charge in [-0.1, -0.05) is 47.5 Å². The van der Waals surface area contributed by atoms with Gasteiger partial charge < -0.3 is 10.6 Å². The van der Waals surface area contributed by atoms with E-state index in [0.29, 0.717) is 31.4 Å². The normalized spacial score (nSPS) is 19.4.